The highest BCUT2D eigenvalue weighted by molar-refractivity contribution is 7.80. The summed E-state index contributed by atoms with van der Waals surface area (Å²) in [4.78, 5) is 21.9. The summed E-state index contributed by atoms with van der Waals surface area (Å²) >= 11 is 5.27. The summed E-state index contributed by atoms with van der Waals surface area (Å²) in [7, 11) is 2.22. The van der Waals surface area contributed by atoms with Gasteiger partial charge in [-0.15, -0.1) is 0 Å². The second-order valence-electron chi connectivity index (χ2n) is 9.50. The molecule has 176 valence electrons. The van der Waals surface area contributed by atoms with Crippen LogP contribution in [0.2, 0.25) is 0 Å². The summed E-state index contributed by atoms with van der Waals surface area (Å²) < 4.78 is 0. The van der Waals surface area contributed by atoms with Crippen molar-refractivity contribution < 1.29 is 4.79 Å². The Morgan fingerprint density at radius 3 is 2.55 bits per heavy atom. The zero-order valence-corrected chi connectivity index (χ0v) is 20.4. The molecule has 2 aliphatic rings. The standard InChI is InChI=1S/C26H35N5OS/c1-19-15-23(29-26(33)28-19)25(32)31-13-10-22(11-14-31)24(16-20-7-4-3-5-8-20)30(2)18-21-9-6-12-27-17-21/h3-9,12,17,19,22-24H,10-11,13-16,18H2,1-2H3,(H2,28,29,33)/t19-,23+,24+/m1/s1. The predicted octanol–water partition coefficient (Wildman–Crippen LogP) is 2.99. The van der Waals surface area contributed by atoms with Crippen LogP contribution in [0.3, 0.4) is 0 Å². The lowest BCUT2D eigenvalue weighted by atomic mass is 9.84. The van der Waals surface area contributed by atoms with E-state index in [9.17, 15) is 4.79 Å². The Balaban J connectivity index is 1.41. The van der Waals surface area contributed by atoms with E-state index in [1.807, 2.05) is 23.4 Å². The van der Waals surface area contributed by atoms with Gasteiger partial charge in [0.2, 0.25) is 5.91 Å². The molecular formula is C26H35N5OS. The van der Waals surface area contributed by atoms with Gasteiger partial charge in [0, 0.05) is 44.1 Å². The van der Waals surface area contributed by atoms with Gasteiger partial charge in [0.1, 0.15) is 6.04 Å². The number of nitrogens with zero attached hydrogens (tertiary/aromatic N) is 3. The first-order valence-electron chi connectivity index (χ1n) is 12.0. The molecule has 0 saturated carbocycles. The molecule has 0 bridgehead atoms. The largest absolute Gasteiger partial charge is 0.360 e. The summed E-state index contributed by atoms with van der Waals surface area (Å²) in [5.74, 6) is 0.726. The number of likely N-dealkylation sites (N-methyl/N-ethyl adjacent to an activating group) is 1. The number of carbonyl (C=O) groups excluding carboxylic acids is 1. The van der Waals surface area contributed by atoms with Crippen molar-refractivity contribution in [2.24, 2.45) is 5.92 Å². The van der Waals surface area contributed by atoms with Gasteiger partial charge in [-0.3, -0.25) is 14.7 Å². The highest BCUT2D eigenvalue weighted by Crippen LogP contribution is 2.28. The molecule has 2 aromatic rings. The molecule has 3 heterocycles. The zero-order chi connectivity index (χ0) is 23.2. The number of hydrogen-bond acceptors (Lipinski definition) is 4. The summed E-state index contributed by atoms with van der Waals surface area (Å²) in [5, 5.41) is 6.94. The fourth-order valence-electron chi connectivity index (χ4n) is 5.22. The number of benzene rings is 1. The number of pyridine rings is 1. The molecule has 0 radical (unpaired) electrons. The Hall–Kier alpha value is -2.51. The van der Waals surface area contributed by atoms with Gasteiger partial charge in [-0.25, -0.2) is 0 Å². The molecule has 2 N–H and O–H groups in total. The van der Waals surface area contributed by atoms with E-state index >= 15 is 0 Å². The van der Waals surface area contributed by atoms with Crippen LogP contribution < -0.4 is 10.6 Å². The number of hydrogen-bond donors (Lipinski definition) is 2. The fraction of sp³-hybridized carbons (Fsp3) is 0.500. The van der Waals surface area contributed by atoms with Gasteiger partial charge in [-0.05, 0) is 75.0 Å². The normalized spacial score (nSPS) is 22.5. The lowest BCUT2D eigenvalue weighted by Crippen LogP contribution is -2.60. The molecule has 0 spiro atoms. The third kappa shape index (κ3) is 6.30. The van der Waals surface area contributed by atoms with Crippen LogP contribution in [0.4, 0.5) is 0 Å². The van der Waals surface area contributed by atoms with Crippen LogP contribution in [0, 0.1) is 5.92 Å². The van der Waals surface area contributed by atoms with Crippen LogP contribution >= 0.6 is 12.2 Å². The van der Waals surface area contributed by atoms with E-state index in [1.165, 1.54) is 11.1 Å². The van der Waals surface area contributed by atoms with Crippen molar-refractivity contribution in [3.63, 3.8) is 0 Å². The first kappa shape index (κ1) is 23.6. The average Bonchev–Trinajstić information content (AvgIpc) is 2.83. The Morgan fingerprint density at radius 1 is 1.15 bits per heavy atom. The lowest BCUT2D eigenvalue weighted by molar-refractivity contribution is -0.135. The van der Waals surface area contributed by atoms with Crippen molar-refractivity contribution >= 4 is 23.2 Å². The first-order chi connectivity index (χ1) is 16.0. The van der Waals surface area contributed by atoms with Gasteiger partial charge in [-0.2, -0.15) is 0 Å². The topological polar surface area (TPSA) is 60.5 Å². The van der Waals surface area contributed by atoms with Crippen molar-refractivity contribution in [1.29, 1.82) is 0 Å². The van der Waals surface area contributed by atoms with Gasteiger partial charge in [0.15, 0.2) is 5.11 Å². The summed E-state index contributed by atoms with van der Waals surface area (Å²) in [6, 6.07) is 15.3. The van der Waals surface area contributed by atoms with E-state index in [0.29, 0.717) is 17.1 Å². The molecule has 0 aliphatic carbocycles. The molecule has 7 heteroatoms. The van der Waals surface area contributed by atoms with Gasteiger partial charge >= 0.3 is 0 Å². The Morgan fingerprint density at radius 2 is 1.88 bits per heavy atom. The number of rotatable bonds is 7. The molecule has 0 unspecified atom stereocenters. The minimum Gasteiger partial charge on any atom is -0.360 e. The van der Waals surface area contributed by atoms with Gasteiger partial charge in [0.25, 0.3) is 0 Å². The minimum atomic E-state index is -0.210. The number of thiocarbonyl (C=S) groups is 1. The molecule has 1 amide bonds. The quantitative estimate of drug-likeness (QED) is 0.613. The number of likely N-dealkylation sites (tertiary alicyclic amines) is 1. The maximum absolute atomic E-state index is 13.1. The van der Waals surface area contributed by atoms with Crippen molar-refractivity contribution in [2.75, 3.05) is 20.1 Å². The molecule has 4 rings (SSSR count). The van der Waals surface area contributed by atoms with Gasteiger partial charge < -0.3 is 15.5 Å². The molecule has 2 fully saturated rings. The molecule has 1 aromatic heterocycles. The van der Waals surface area contributed by atoms with Crippen LogP contribution in [0.25, 0.3) is 0 Å². The maximum Gasteiger partial charge on any atom is 0.245 e. The van der Waals surface area contributed by atoms with Gasteiger partial charge in [0.05, 0.1) is 0 Å². The van der Waals surface area contributed by atoms with Crippen molar-refractivity contribution in [1.82, 2.24) is 25.4 Å². The molecule has 2 aliphatic heterocycles. The number of carbonyl (C=O) groups is 1. The van der Waals surface area contributed by atoms with Crippen LogP contribution in [0.15, 0.2) is 54.9 Å². The number of aromatic nitrogens is 1. The molecular weight excluding hydrogens is 430 g/mol. The molecule has 33 heavy (non-hydrogen) atoms. The zero-order valence-electron chi connectivity index (χ0n) is 19.6. The molecule has 3 atom stereocenters. The van der Waals surface area contributed by atoms with E-state index in [1.54, 1.807) is 0 Å². The third-order valence-electron chi connectivity index (χ3n) is 6.97. The molecule has 1 aromatic carbocycles. The number of nitrogens with one attached hydrogen (secondary N) is 2. The SMILES string of the molecule is C[C@@H]1C[C@@H](C(=O)N2CCC([C@H](Cc3ccccc3)N(C)Cc3cccnc3)CC2)NC(=S)N1. The smallest absolute Gasteiger partial charge is 0.245 e. The first-order valence-corrected chi connectivity index (χ1v) is 12.4. The third-order valence-corrected chi connectivity index (χ3v) is 7.21. The fourth-order valence-corrected chi connectivity index (χ4v) is 5.56. The molecule has 6 nitrogen and oxygen atoms in total. The Labute approximate surface area is 202 Å². The van der Waals surface area contributed by atoms with Crippen molar-refractivity contribution in [3.05, 3.63) is 66.0 Å². The van der Waals surface area contributed by atoms with E-state index in [-0.39, 0.29) is 18.0 Å². The lowest BCUT2D eigenvalue weighted by Gasteiger charge is -2.41. The van der Waals surface area contributed by atoms with Gasteiger partial charge in [-0.1, -0.05) is 36.4 Å². The van der Waals surface area contributed by atoms with Crippen molar-refractivity contribution in [2.45, 2.75) is 57.3 Å². The highest BCUT2D eigenvalue weighted by Gasteiger charge is 2.35. The maximum atomic E-state index is 13.1. The number of amides is 1. The van der Waals surface area contributed by atoms with Crippen LogP contribution in [-0.2, 0) is 17.8 Å². The summed E-state index contributed by atoms with van der Waals surface area (Å²) in [6.07, 6.45) is 7.59. The van der Waals surface area contributed by atoms with E-state index in [0.717, 1.165) is 45.3 Å². The highest BCUT2D eigenvalue weighted by atomic mass is 32.1. The Kier molecular flexibility index (Phi) is 7.93. The van der Waals surface area contributed by atoms with Crippen LogP contribution in [0.5, 0.6) is 0 Å². The average molecular weight is 466 g/mol. The van der Waals surface area contributed by atoms with Crippen LogP contribution in [-0.4, -0.2) is 64.1 Å². The van der Waals surface area contributed by atoms with E-state index < -0.39 is 0 Å². The number of piperidine rings is 1. The summed E-state index contributed by atoms with van der Waals surface area (Å²) in [5.41, 5.74) is 2.59. The van der Waals surface area contributed by atoms with Crippen molar-refractivity contribution in [3.8, 4) is 0 Å². The second kappa shape index (κ2) is 11.1. The van der Waals surface area contributed by atoms with Crippen LogP contribution in [0.1, 0.15) is 37.3 Å². The summed E-state index contributed by atoms with van der Waals surface area (Å²) in [6.45, 7) is 4.56. The minimum absolute atomic E-state index is 0.187. The monoisotopic (exact) mass is 465 g/mol. The Bertz CT molecular complexity index is 917. The molecule has 2 saturated heterocycles. The second-order valence-corrected chi connectivity index (χ2v) is 9.91. The predicted molar refractivity (Wildman–Crippen MR) is 136 cm³/mol. The van der Waals surface area contributed by atoms with E-state index in [2.05, 4.69) is 70.9 Å². The van der Waals surface area contributed by atoms with E-state index in [4.69, 9.17) is 12.2 Å².